The smallest absolute Gasteiger partial charge is 0.0315 e. The number of hydrogen-bond acceptors (Lipinski definition) is 3. The van der Waals surface area contributed by atoms with Crippen molar-refractivity contribution in [1.29, 1.82) is 0 Å². The zero-order chi connectivity index (χ0) is 10.2. The predicted molar refractivity (Wildman–Crippen MR) is 58.9 cm³/mol. The van der Waals surface area contributed by atoms with Crippen molar-refractivity contribution in [3.63, 3.8) is 0 Å². The summed E-state index contributed by atoms with van der Waals surface area (Å²) in [6.07, 6.45) is 5.93. The summed E-state index contributed by atoms with van der Waals surface area (Å²) in [4.78, 5) is 4.09. The molecule has 3 heteroatoms. The number of hydrogen-bond donors (Lipinski definition) is 2. The van der Waals surface area contributed by atoms with Gasteiger partial charge in [0.2, 0.25) is 0 Å². The van der Waals surface area contributed by atoms with Crippen LogP contribution in [0.2, 0.25) is 0 Å². The fourth-order valence-corrected chi connectivity index (χ4v) is 1.34. The predicted octanol–water partition coefficient (Wildman–Crippen LogP) is 1.47. The highest BCUT2D eigenvalue weighted by Gasteiger charge is 2.02. The molecule has 0 bridgehead atoms. The van der Waals surface area contributed by atoms with Gasteiger partial charge in [-0.1, -0.05) is 6.07 Å². The Bertz CT molecular complexity index is 236. The van der Waals surface area contributed by atoms with Crippen molar-refractivity contribution in [1.82, 2.24) is 10.3 Å². The van der Waals surface area contributed by atoms with Crippen molar-refractivity contribution < 1.29 is 0 Å². The Morgan fingerprint density at radius 1 is 1.50 bits per heavy atom. The SMILES string of the molecule is CC(NCCCCN)c1cccnc1. The molecule has 0 spiro atoms. The van der Waals surface area contributed by atoms with Crippen LogP contribution in [0.25, 0.3) is 0 Å². The third-order valence-electron chi connectivity index (χ3n) is 2.27. The summed E-state index contributed by atoms with van der Waals surface area (Å²) in [5.41, 5.74) is 6.66. The van der Waals surface area contributed by atoms with E-state index in [4.69, 9.17) is 5.73 Å². The van der Waals surface area contributed by atoms with Gasteiger partial charge in [-0.2, -0.15) is 0 Å². The minimum Gasteiger partial charge on any atom is -0.330 e. The third-order valence-corrected chi connectivity index (χ3v) is 2.27. The molecule has 0 amide bonds. The number of unbranched alkanes of at least 4 members (excludes halogenated alkanes) is 1. The zero-order valence-corrected chi connectivity index (χ0v) is 8.74. The molecule has 0 saturated heterocycles. The Labute approximate surface area is 85.7 Å². The molecule has 0 aliphatic heterocycles. The van der Waals surface area contributed by atoms with E-state index in [-0.39, 0.29) is 0 Å². The fraction of sp³-hybridized carbons (Fsp3) is 0.545. The van der Waals surface area contributed by atoms with Gasteiger partial charge in [-0.05, 0) is 44.5 Å². The van der Waals surface area contributed by atoms with E-state index < -0.39 is 0 Å². The summed E-state index contributed by atoms with van der Waals surface area (Å²) in [6, 6.07) is 4.43. The number of nitrogens with one attached hydrogen (secondary N) is 1. The maximum Gasteiger partial charge on any atom is 0.0315 e. The molecule has 3 nitrogen and oxygen atoms in total. The average molecular weight is 193 g/mol. The molecule has 0 aromatic carbocycles. The fourth-order valence-electron chi connectivity index (χ4n) is 1.34. The lowest BCUT2D eigenvalue weighted by Crippen LogP contribution is -2.20. The summed E-state index contributed by atoms with van der Waals surface area (Å²) < 4.78 is 0. The van der Waals surface area contributed by atoms with Gasteiger partial charge in [0.15, 0.2) is 0 Å². The average Bonchev–Trinajstić information content (AvgIpc) is 2.25. The monoisotopic (exact) mass is 193 g/mol. The molecule has 1 aromatic heterocycles. The van der Waals surface area contributed by atoms with Gasteiger partial charge in [-0.3, -0.25) is 4.98 Å². The molecule has 1 rings (SSSR count). The van der Waals surface area contributed by atoms with Crippen molar-refractivity contribution >= 4 is 0 Å². The second-order valence-corrected chi connectivity index (χ2v) is 3.46. The van der Waals surface area contributed by atoms with E-state index in [0.29, 0.717) is 6.04 Å². The quantitative estimate of drug-likeness (QED) is 0.673. The van der Waals surface area contributed by atoms with Gasteiger partial charge >= 0.3 is 0 Å². The molecule has 1 unspecified atom stereocenters. The van der Waals surface area contributed by atoms with E-state index in [2.05, 4.69) is 23.3 Å². The van der Waals surface area contributed by atoms with Gasteiger partial charge in [0.25, 0.3) is 0 Å². The van der Waals surface area contributed by atoms with Gasteiger partial charge in [0.05, 0.1) is 0 Å². The molecular formula is C11H19N3. The molecule has 0 saturated carbocycles. The highest BCUT2D eigenvalue weighted by molar-refractivity contribution is 5.12. The second kappa shape index (κ2) is 6.51. The van der Waals surface area contributed by atoms with Crippen LogP contribution in [0.4, 0.5) is 0 Å². The molecule has 78 valence electrons. The van der Waals surface area contributed by atoms with Crippen LogP contribution in [0.5, 0.6) is 0 Å². The van der Waals surface area contributed by atoms with Crippen LogP contribution in [0.1, 0.15) is 31.4 Å². The molecule has 14 heavy (non-hydrogen) atoms. The van der Waals surface area contributed by atoms with Crippen LogP contribution >= 0.6 is 0 Å². The molecule has 3 N–H and O–H groups in total. The summed E-state index contributed by atoms with van der Waals surface area (Å²) in [7, 11) is 0. The highest BCUT2D eigenvalue weighted by Crippen LogP contribution is 2.09. The lowest BCUT2D eigenvalue weighted by molar-refractivity contribution is 0.547. The topological polar surface area (TPSA) is 50.9 Å². The van der Waals surface area contributed by atoms with E-state index in [1.165, 1.54) is 5.56 Å². The first-order chi connectivity index (χ1) is 6.84. The van der Waals surface area contributed by atoms with Crippen LogP contribution in [-0.4, -0.2) is 18.1 Å². The first-order valence-corrected chi connectivity index (χ1v) is 5.18. The number of nitrogens with zero attached hydrogens (tertiary/aromatic N) is 1. The highest BCUT2D eigenvalue weighted by atomic mass is 14.9. The maximum absolute atomic E-state index is 5.42. The van der Waals surface area contributed by atoms with Gasteiger partial charge in [-0.25, -0.2) is 0 Å². The van der Waals surface area contributed by atoms with Gasteiger partial charge in [0.1, 0.15) is 0 Å². The minimum absolute atomic E-state index is 0.376. The Balaban J connectivity index is 2.25. The van der Waals surface area contributed by atoms with Crippen molar-refractivity contribution in [2.75, 3.05) is 13.1 Å². The largest absolute Gasteiger partial charge is 0.330 e. The first kappa shape index (κ1) is 11.1. The third kappa shape index (κ3) is 3.85. The normalized spacial score (nSPS) is 12.7. The first-order valence-electron chi connectivity index (χ1n) is 5.18. The molecule has 1 aromatic rings. The molecule has 0 aliphatic carbocycles. The van der Waals surface area contributed by atoms with E-state index in [1.54, 1.807) is 6.20 Å². The van der Waals surface area contributed by atoms with Crippen molar-refractivity contribution in [2.45, 2.75) is 25.8 Å². The maximum atomic E-state index is 5.42. The molecule has 0 fully saturated rings. The molecule has 1 atom stereocenters. The van der Waals surface area contributed by atoms with E-state index >= 15 is 0 Å². The Kier molecular flexibility index (Phi) is 5.19. The number of nitrogens with two attached hydrogens (primary N) is 1. The van der Waals surface area contributed by atoms with Crippen LogP contribution < -0.4 is 11.1 Å². The van der Waals surface area contributed by atoms with Gasteiger partial charge in [0, 0.05) is 18.4 Å². The van der Waals surface area contributed by atoms with Gasteiger partial charge in [-0.15, -0.1) is 0 Å². The molecule has 0 aliphatic rings. The lowest BCUT2D eigenvalue weighted by atomic mass is 10.1. The van der Waals surface area contributed by atoms with Crippen LogP contribution in [0.3, 0.4) is 0 Å². The second-order valence-electron chi connectivity index (χ2n) is 3.46. The number of aromatic nitrogens is 1. The summed E-state index contributed by atoms with van der Waals surface area (Å²) >= 11 is 0. The van der Waals surface area contributed by atoms with Crippen LogP contribution in [0.15, 0.2) is 24.5 Å². The Hall–Kier alpha value is -0.930. The van der Waals surface area contributed by atoms with Crippen molar-refractivity contribution in [3.8, 4) is 0 Å². The number of pyridine rings is 1. The minimum atomic E-state index is 0.376. The number of rotatable bonds is 6. The Morgan fingerprint density at radius 2 is 2.36 bits per heavy atom. The zero-order valence-electron chi connectivity index (χ0n) is 8.74. The van der Waals surface area contributed by atoms with Gasteiger partial charge < -0.3 is 11.1 Å². The summed E-state index contributed by atoms with van der Waals surface area (Å²) in [5.74, 6) is 0. The van der Waals surface area contributed by atoms with Crippen molar-refractivity contribution in [3.05, 3.63) is 30.1 Å². The van der Waals surface area contributed by atoms with Crippen molar-refractivity contribution in [2.24, 2.45) is 5.73 Å². The summed E-state index contributed by atoms with van der Waals surface area (Å²) in [6.45, 7) is 3.95. The molecular weight excluding hydrogens is 174 g/mol. The molecule has 0 radical (unpaired) electrons. The van der Waals surface area contributed by atoms with E-state index in [9.17, 15) is 0 Å². The standard InChI is InChI=1S/C11H19N3/c1-10(14-8-3-2-6-12)11-5-4-7-13-9-11/h4-5,7,9-10,14H,2-3,6,8,12H2,1H3. The lowest BCUT2D eigenvalue weighted by Gasteiger charge is -2.13. The van der Waals surface area contributed by atoms with E-state index in [0.717, 1.165) is 25.9 Å². The van der Waals surface area contributed by atoms with Crippen LogP contribution in [0, 0.1) is 0 Å². The molecule has 1 heterocycles. The Morgan fingerprint density at radius 3 is 3.00 bits per heavy atom. The van der Waals surface area contributed by atoms with Crippen LogP contribution in [-0.2, 0) is 0 Å². The summed E-state index contributed by atoms with van der Waals surface area (Å²) in [5, 5.41) is 3.44. The van der Waals surface area contributed by atoms with E-state index in [1.807, 2.05) is 12.3 Å².